The topological polar surface area (TPSA) is 78.5 Å². The molecule has 3 rings (SSSR count). The summed E-state index contributed by atoms with van der Waals surface area (Å²) in [5.41, 5.74) is 3.59. The van der Waals surface area contributed by atoms with Crippen LogP contribution in [0.1, 0.15) is 36.8 Å². The van der Waals surface area contributed by atoms with Crippen molar-refractivity contribution in [3.8, 4) is 0 Å². The van der Waals surface area contributed by atoms with E-state index in [1.165, 1.54) is 32.7 Å². The number of rotatable bonds is 8. The van der Waals surface area contributed by atoms with Crippen molar-refractivity contribution in [3.05, 3.63) is 53.6 Å². The van der Waals surface area contributed by atoms with E-state index in [0.717, 1.165) is 33.6 Å². The van der Waals surface area contributed by atoms with Gasteiger partial charge in [-0.15, -0.1) is 0 Å². The van der Waals surface area contributed by atoms with Gasteiger partial charge in [0.15, 0.2) is 0 Å². The van der Waals surface area contributed by atoms with Gasteiger partial charge < -0.3 is 10.6 Å². The molecule has 0 atom stereocenters. The number of aryl methyl sites for hydroxylation is 2. The predicted molar refractivity (Wildman–Crippen MR) is 121 cm³/mol. The van der Waals surface area contributed by atoms with Gasteiger partial charge in [-0.3, -0.25) is 4.79 Å². The third-order valence-corrected chi connectivity index (χ3v) is 7.59. The highest BCUT2D eigenvalue weighted by molar-refractivity contribution is 7.89. The number of carbonyl (C=O) groups is 1. The highest BCUT2D eigenvalue weighted by atomic mass is 32.2. The molecule has 0 unspecified atom stereocenters. The van der Waals surface area contributed by atoms with E-state index >= 15 is 0 Å². The first-order valence-corrected chi connectivity index (χ1v) is 11.9. The molecular formula is C23H31N3O3S. The van der Waals surface area contributed by atoms with E-state index in [1.54, 1.807) is 18.2 Å². The third-order valence-electron chi connectivity index (χ3n) is 5.79. The average Bonchev–Trinajstić information content (AvgIpc) is 3.23. The maximum absolute atomic E-state index is 12.7. The molecule has 0 aliphatic heterocycles. The minimum absolute atomic E-state index is 0.193. The Morgan fingerprint density at radius 3 is 2.27 bits per heavy atom. The van der Waals surface area contributed by atoms with Crippen LogP contribution in [0.25, 0.3) is 0 Å². The summed E-state index contributed by atoms with van der Waals surface area (Å²) in [6.45, 7) is 4.52. The molecule has 0 bridgehead atoms. The van der Waals surface area contributed by atoms with Gasteiger partial charge in [0.1, 0.15) is 0 Å². The van der Waals surface area contributed by atoms with Crippen LogP contribution in [0, 0.1) is 19.8 Å². The van der Waals surface area contributed by atoms with Crippen molar-refractivity contribution in [2.24, 2.45) is 5.92 Å². The first-order chi connectivity index (χ1) is 14.3. The number of carbonyl (C=O) groups excluding carboxylic acids is 1. The Morgan fingerprint density at radius 2 is 1.63 bits per heavy atom. The fourth-order valence-corrected chi connectivity index (χ4v) is 4.90. The van der Waals surface area contributed by atoms with Crippen LogP contribution < -0.4 is 10.6 Å². The zero-order chi connectivity index (χ0) is 21.7. The molecule has 1 aliphatic carbocycles. The first-order valence-electron chi connectivity index (χ1n) is 10.4. The fraction of sp³-hybridized carbons (Fsp3) is 0.435. The largest absolute Gasteiger partial charge is 0.385 e. The molecule has 0 radical (unpaired) electrons. The van der Waals surface area contributed by atoms with Crippen LogP contribution >= 0.6 is 0 Å². The van der Waals surface area contributed by atoms with Crippen LogP contribution in [-0.4, -0.2) is 38.8 Å². The lowest BCUT2D eigenvalue weighted by atomic mass is 10.1. The summed E-state index contributed by atoms with van der Waals surface area (Å²) < 4.78 is 26.6. The molecule has 2 aromatic rings. The monoisotopic (exact) mass is 429 g/mol. The minimum Gasteiger partial charge on any atom is -0.385 e. The lowest BCUT2D eigenvalue weighted by molar-refractivity contribution is -0.116. The van der Waals surface area contributed by atoms with Crippen LogP contribution in [0.4, 0.5) is 11.4 Å². The molecule has 0 aromatic heterocycles. The number of nitrogens with zero attached hydrogens (tertiary/aromatic N) is 1. The van der Waals surface area contributed by atoms with Gasteiger partial charge in [0.2, 0.25) is 15.9 Å². The second-order valence-corrected chi connectivity index (χ2v) is 10.2. The van der Waals surface area contributed by atoms with E-state index in [9.17, 15) is 13.2 Å². The number of sulfonamides is 1. The lowest BCUT2D eigenvalue weighted by Gasteiger charge is -2.18. The summed E-state index contributed by atoms with van der Waals surface area (Å²) >= 11 is 0. The molecule has 1 fully saturated rings. The summed E-state index contributed by atoms with van der Waals surface area (Å²) in [7, 11) is -2.31. The molecule has 1 saturated carbocycles. The summed E-state index contributed by atoms with van der Waals surface area (Å²) in [6, 6.07) is 12.5. The maximum atomic E-state index is 12.7. The zero-order valence-electron chi connectivity index (χ0n) is 17.9. The minimum atomic E-state index is -3.73. The maximum Gasteiger partial charge on any atom is 0.243 e. The number of likely N-dealkylation sites (N-methyl/N-ethyl adjacent to an activating group) is 1. The van der Waals surface area contributed by atoms with Crippen molar-refractivity contribution in [1.82, 2.24) is 4.31 Å². The molecule has 30 heavy (non-hydrogen) atoms. The van der Waals surface area contributed by atoms with Gasteiger partial charge in [-0.25, -0.2) is 8.42 Å². The van der Waals surface area contributed by atoms with Crippen molar-refractivity contribution in [1.29, 1.82) is 0 Å². The molecule has 7 heteroatoms. The molecule has 6 nitrogen and oxygen atoms in total. The number of anilines is 2. The van der Waals surface area contributed by atoms with Crippen molar-refractivity contribution < 1.29 is 13.2 Å². The Hall–Kier alpha value is -2.38. The molecule has 2 N–H and O–H groups in total. The van der Waals surface area contributed by atoms with E-state index in [-0.39, 0.29) is 17.3 Å². The lowest BCUT2D eigenvalue weighted by Crippen LogP contribution is -2.35. The highest BCUT2D eigenvalue weighted by Gasteiger charge is 2.23. The Bertz CT molecular complexity index is 981. The Morgan fingerprint density at radius 1 is 1.00 bits per heavy atom. The Labute approximate surface area is 179 Å². The summed E-state index contributed by atoms with van der Waals surface area (Å²) in [5.74, 6) is 0.371. The van der Waals surface area contributed by atoms with Gasteiger partial charge in [-0.2, -0.15) is 4.31 Å². The Kier molecular flexibility index (Phi) is 7.15. The van der Waals surface area contributed by atoms with Gasteiger partial charge in [-0.1, -0.05) is 18.9 Å². The Balaban J connectivity index is 1.54. The normalized spacial score (nSPS) is 14.8. The smallest absolute Gasteiger partial charge is 0.243 e. The van der Waals surface area contributed by atoms with Gasteiger partial charge in [0, 0.05) is 25.0 Å². The SMILES string of the molecule is Cc1ccc(S(=O)(=O)N(C)CC(=O)Nc2ccc(NCC3CCCC3)cc2)cc1C. The number of hydrogen-bond acceptors (Lipinski definition) is 4. The van der Waals surface area contributed by atoms with E-state index < -0.39 is 10.0 Å². The van der Waals surface area contributed by atoms with Gasteiger partial charge in [0.25, 0.3) is 0 Å². The molecule has 0 spiro atoms. The zero-order valence-corrected chi connectivity index (χ0v) is 18.8. The number of amides is 1. The van der Waals surface area contributed by atoms with E-state index in [1.807, 2.05) is 38.1 Å². The summed E-state index contributed by atoms with van der Waals surface area (Å²) in [5, 5.41) is 6.21. The molecule has 0 saturated heterocycles. The van der Waals surface area contributed by atoms with Gasteiger partial charge >= 0.3 is 0 Å². The molecule has 2 aromatic carbocycles. The number of hydrogen-bond donors (Lipinski definition) is 2. The standard InChI is InChI=1S/C23H31N3O3S/c1-17-8-13-22(14-18(17)2)30(28,29)26(3)16-23(27)25-21-11-9-20(10-12-21)24-15-19-6-4-5-7-19/h8-14,19,24H,4-7,15-16H2,1-3H3,(H,25,27). The van der Waals surface area contributed by atoms with Gasteiger partial charge in [-0.05, 0) is 80.1 Å². The molecule has 0 heterocycles. The van der Waals surface area contributed by atoms with Crippen LogP contribution in [0.3, 0.4) is 0 Å². The molecular weight excluding hydrogens is 398 g/mol. The van der Waals surface area contributed by atoms with Crippen LogP contribution in [-0.2, 0) is 14.8 Å². The van der Waals surface area contributed by atoms with Crippen molar-refractivity contribution in [3.63, 3.8) is 0 Å². The quantitative estimate of drug-likeness (QED) is 0.660. The van der Waals surface area contributed by atoms with Gasteiger partial charge in [0.05, 0.1) is 11.4 Å². The molecule has 1 amide bonds. The second kappa shape index (κ2) is 9.62. The molecule has 1 aliphatic rings. The number of nitrogens with one attached hydrogen (secondary N) is 2. The highest BCUT2D eigenvalue weighted by Crippen LogP contribution is 2.25. The summed E-state index contributed by atoms with van der Waals surface area (Å²) in [4.78, 5) is 12.6. The number of benzene rings is 2. The van der Waals surface area contributed by atoms with Crippen LogP contribution in [0.2, 0.25) is 0 Å². The predicted octanol–water partition coefficient (Wildman–Crippen LogP) is 4.16. The summed E-state index contributed by atoms with van der Waals surface area (Å²) in [6.07, 6.45) is 5.23. The third kappa shape index (κ3) is 5.61. The van der Waals surface area contributed by atoms with E-state index in [0.29, 0.717) is 5.69 Å². The second-order valence-electron chi connectivity index (χ2n) is 8.16. The average molecular weight is 430 g/mol. The fourth-order valence-electron chi connectivity index (χ4n) is 3.69. The van der Waals surface area contributed by atoms with Crippen LogP contribution in [0.15, 0.2) is 47.4 Å². The van der Waals surface area contributed by atoms with E-state index in [4.69, 9.17) is 0 Å². The van der Waals surface area contributed by atoms with Crippen molar-refractivity contribution in [2.45, 2.75) is 44.4 Å². The first kappa shape index (κ1) is 22.3. The van der Waals surface area contributed by atoms with Crippen molar-refractivity contribution in [2.75, 3.05) is 30.8 Å². The molecule has 162 valence electrons. The van der Waals surface area contributed by atoms with Crippen molar-refractivity contribution >= 4 is 27.3 Å². The van der Waals surface area contributed by atoms with E-state index in [2.05, 4.69) is 10.6 Å². The van der Waals surface area contributed by atoms with Crippen LogP contribution in [0.5, 0.6) is 0 Å².